The molecular formula is C21H27FN4O5. The molecule has 4 unspecified atom stereocenters. The van der Waals surface area contributed by atoms with Gasteiger partial charge in [0.15, 0.2) is 11.6 Å². The summed E-state index contributed by atoms with van der Waals surface area (Å²) >= 11 is 0. The molecule has 2 aliphatic carbocycles. The van der Waals surface area contributed by atoms with Gasteiger partial charge in [-0.25, -0.2) is 9.18 Å². The predicted molar refractivity (Wildman–Crippen MR) is 112 cm³/mol. The fraction of sp³-hybridized carbons (Fsp3) is 0.619. The number of H-pyrrole nitrogens is 2. The molecule has 3 fully saturated rings. The zero-order chi connectivity index (χ0) is 22.1. The molecule has 10 heteroatoms. The molecule has 2 saturated carbocycles. The molecule has 5 rings (SSSR count). The summed E-state index contributed by atoms with van der Waals surface area (Å²) in [5.41, 5.74) is 4.30. The van der Waals surface area contributed by atoms with Crippen LogP contribution < -0.4 is 26.6 Å². The molecule has 168 valence electrons. The summed E-state index contributed by atoms with van der Waals surface area (Å²) in [7, 11) is 1.36. The molecule has 2 heterocycles. The topological polar surface area (TPSA) is 145 Å². The number of nitrogens with zero attached hydrogens (tertiary/aromatic N) is 1. The van der Waals surface area contributed by atoms with Gasteiger partial charge in [-0.1, -0.05) is 6.42 Å². The van der Waals surface area contributed by atoms with Crippen molar-refractivity contribution in [1.82, 2.24) is 9.97 Å². The van der Waals surface area contributed by atoms with E-state index < -0.39 is 34.8 Å². The van der Waals surface area contributed by atoms with Gasteiger partial charge in [-0.05, 0) is 31.6 Å². The number of rotatable bonds is 3. The molecule has 3 aliphatic rings. The maximum Gasteiger partial charge on any atom is 0.326 e. The Balaban J connectivity index is 1.72. The van der Waals surface area contributed by atoms with Gasteiger partial charge in [-0.3, -0.25) is 9.78 Å². The highest BCUT2D eigenvalue weighted by Gasteiger charge is 2.48. The number of fused-ring (bicyclic) bond motifs is 2. The number of aromatic amines is 2. The highest BCUT2D eigenvalue weighted by Crippen LogP contribution is 2.51. The molecule has 0 amide bonds. The van der Waals surface area contributed by atoms with Crippen LogP contribution in [0.3, 0.4) is 0 Å². The van der Waals surface area contributed by atoms with Crippen molar-refractivity contribution in [3.63, 3.8) is 0 Å². The number of nitrogens with two attached hydrogens (primary N) is 1. The fourth-order valence-electron chi connectivity index (χ4n) is 5.49. The molecule has 9 nitrogen and oxygen atoms in total. The number of aromatic nitrogens is 2. The molecule has 2 aromatic rings. The summed E-state index contributed by atoms with van der Waals surface area (Å²) < 4.78 is 21.6. The van der Waals surface area contributed by atoms with Gasteiger partial charge in [0.25, 0.3) is 5.56 Å². The number of hydrogen-bond donors (Lipinski definition) is 5. The predicted octanol–water partition coefficient (Wildman–Crippen LogP) is 0.270. The summed E-state index contributed by atoms with van der Waals surface area (Å²) in [4.78, 5) is 31.2. The highest BCUT2D eigenvalue weighted by atomic mass is 19.1. The van der Waals surface area contributed by atoms with Crippen LogP contribution in [0.15, 0.2) is 9.59 Å². The van der Waals surface area contributed by atoms with Crippen molar-refractivity contribution in [3.8, 4) is 5.75 Å². The van der Waals surface area contributed by atoms with Gasteiger partial charge in [0, 0.05) is 30.1 Å². The molecule has 6 N–H and O–H groups in total. The molecule has 1 aromatic heterocycles. The van der Waals surface area contributed by atoms with E-state index in [4.69, 9.17) is 10.5 Å². The lowest BCUT2D eigenvalue weighted by Gasteiger charge is -2.27. The standard InChI is InChI=1S/C21H27FN4O5/c1-31-18-15-12(19(29)25-20(30)24-15)13(21(23)5-6-21)14(22)16(18)26-7-9-3-2-4-11(27)17(28)10(9)8-26/h9-11,17,27-28H,2-8,23H2,1H3,(H2,24,25,29,30). The van der Waals surface area contributed by atoms with E-state index in [2.05, 4.69) is 9.97 Å². The second-order valence-electron chi connectivity index (χ2n) is 9.20. The normalized spacial score (nSPS) is 29.6. The number of benzene rings is 1. The van der Waals surface area contributed by atoms with Crippen molar-refractivity contribution in [1.29, 1.82) is 0 Å². The van der Waals surface area contributed by atoms with Gasteiger partial charge >= 0.3 is 5.69 Å². The zero-order valence-corrected chi connectivity index (χ0v) is 17.3. The highest BCUT2D eigenvalue weighted by molar-refractivity contribution is 5.94. The molecule has 0 radical (unpaired) electrons. The number of hydrogen-bond acceptors (Lipinski definition) is 7. The van der Waals surface area contributed by atoms with Gasteiger partial charge in [0.2, 0.25) is 0 Å². The Morgan fingerprint density at radius 1 is 1.19 bits per heavy atom. The van der Waals surface area contributed by atoms with Crippen LogP contribution >= 0.6 is 0 Å². The third kappa shape index (κ3) is 3.07. The Hall–Kier alpha value is -2.43. The molecular weight excluding hydrogens is 407 g/mol. The van der Waals surface area contributed by atoms with E-state index in [0.29, 0.717) is 32.4 Å². The number of aliphatic hydroxyl groups excluding tert-OH is 2. The van der Waals surface area contributed by atoms with E-state index in [1.165, 1.54) is 7.11 Å². The number of ether oxygens (including phenoxy) is 1. The number of anilines is 1. The molecule has 4 atom stereocenters. The van der Waals surface area contributed by atoms with Crippen molar-refractivity contribution in [2.45, 2.75) is 49.9 Å². The minimum absolute atomic E-state index is 0.00145. The quantitative estimate of drug-likeness (QED) is 0.466. The Kier molecular flexibility index (Phi) is 4.65. The molecule has 1 aliphatic heterocycles. The first-order valence-electron chi connectivity index (χ1n) is 10.7. The molecule has 1 aromatic carbocycles. The first-order valence-corrected chi connectivity index (χ1v) is 10.7. The molecule has 0 bridgehead atoms. The van der Waals surface area contributed by atoms with E-state index in [-0.39, 0.29) is 39.7 Å². The minimum atomic E-state index is -0.978. The van der Waals surface area contributed by atoms with Gasteiger partial charge in [0.1, 0.15) is 11.2 Å². The Morgan fingerprint density at radius 2 is 1.94 bits per heavy atom. The van der Waals surface area contributed by atoms with Crippen LogP contribution in [-0.2, 0) is 5.54 Å². The summed E-state index contributed by atoms with van der Waals surface area (Å²) in [6.07, 6.45) is 1.51. The van der Waals surface area contributed by atoms with Gasteiger partial charge < -0.3 is 30.6 Å². The number of methoxy groups -OCH3 is 1. The second kappa shape index (κ2) is 7.04. The third-order valence-corrected chi connectivity index (χ3v) is 7.27. The summed E-state index contributed by atoms with van der Waals surface area (Å²) in [6.45, 7) is 0.795. The first kappa shape index (κ1) is 20.5. The average molecular weight is 434 g/mol. The maximum absolute atomic E-state index is 16.1. The van der Waals surface area contributed by atoms with E-state index in [1.807, 2.05) is 0 Å². The monoisotopic (exact) mass is 434 g/mol. The Morgan fingerprint density at radius 3 is 2.61 bits per heavy atom. The molecule has 1 saturated heterocycles. The smallest absolute Gasteiger partial charge is 0.326 e. The lowest BCUT2D eigenvalue weighted by molar-refractivity contribution is -0.0161. The second-order valence-corrected chi connectivity index (χ2v) is 9.20. The van der Waals surface area contributed by atoms with E-state index >= 15 is 4.39 Å². The van der Waals surface area contributed by atoms with Gasteiger partial charge in [0.05, 0.1) is 24.7 Å². The largest absolute Gasteiger partial charge is 0.492 e. The first-order chi connectivity index (χ1) is 14.7. The van der Waals surface area contributed by atoms with Crippen LogP contribution in [-0.4, -0.2) is 52.6 Å². The van der Waals surface area contributed by atoms with Crippen LogP contribution in [0.2, 0.25) is 0 Å². The Labute approximate surface area is 177 Å². The summed E-state index contributed by atoms with van der Waals surface area (Å²) in [6, 6.07) is 0. The van der Waals surface area contributed by atoms with Crippen LogP contribution in [0.1, 0.15) is 37.7 Å². The number of halogens is 1. The van der Waals surface area contributed by atoms with E-state index in [0.717, 1.165) is 12.8 Å². The zero-order valence-electron chi connectivity index (χ0n) is 17.3. The average Bonchev–Trinajstić information content (AvgIpc) is 3.35. The van der Waals surface area contributed by atoms with E-state index in [9.17, 15) is 19.8 Å². The molecule has 0 spiro atoms. The number of aliphatic hydroxyl groups is 2. The minimum Gasteiger partial charge on any atom is -0.492 e. The van der Waals surface area contributed by atoms with Crippen molar-refractivity contribution >= 4 is 16.6 Å². The SMILES string of the molecule is COc1c(N2CC3CCCC(O)C(O)C3C2)c(F)c(C2(N)CC2)c2c(=O)[nH]c(=O)[nH]c12. The van der Waals surface area contributed by atoms with E-state index in [1.54, 1.807) is 4.90 Å². The van der Waals surface area contributed by atoms with Crippen LogP contribution in [0.25, 0.3) is 10.9 Å². The van der Waals surface area contributed by atoms with Gasteiger partial charge in [-0.2, -0.15) is 0 Å². The van der Waals surface area contributed by atoms with Crippen molar-refractivity contribution in [2.24, 2.45) is 17.6 Å². The van der Waals surface area contributed by atoms with Crippen LogP contribution in [0, 0.1) is 17.7 Å². The van der Waals surface area contributed by atoms with Gasteiger partial charge in [-0.15, -0.1) is 0 Å². The summed E-state index contributed by atoms with van der Waals surface area (Å²) in [5, 5.41) is 20.8. The lowest BCUT2D eigenvalue weighted by atomic mass is 9.89. The lowest BCUT2D eigenvalue weighted by Crippen LogP contribution is -2.36. The van der Waals surface area contributed by atoms with Crippen molar-refractivity contribution in [3.05, 3.63) is 32.2 Å². The fourth-order valence-corrected chi connectivity index (χ4v) is 5.49. The van der Waals surface area contributed by atoms with Crippen LogP contribution in [0.4, 0.5) is 10.1 Å². The maximum atomic E-state index is 16.1. The summed E-state index contributed by atoms with van der Waals surface area (Å²) in [5.74, 6) is -0.697. The Bertz CT molecular complexity index is 1160. The van der Waals surface area contributed by atoms with Crippen molar-refractivity contribution in [2.75, 3.05) is 25.1 Å². The third-order valence-electron chi connectivity index (χ3n) is 7.27. The molecule has 31 heavy (non-hydrogen) atoms. The number of nitrogens with one attached hydrogen (secondary N) is 2. The van der Waals surface area contributed by atoms with Crippen molar-refractivity contribution < 1.29 is 19.3 Å². The van der Waals surface area contributed by atoms with Crippen LogP contribution in [0.5, 0.6) is 5.75 Å².